The Morgan fingerprint density at radius 1 is 1.18 bits per heavy atom. The van der Waals surface area contributed by atoms with Crippen molar-refractivity contribution in [2.75, 3.05) is 22.9 Å². The predicted octanol–water partition coefficient (Wildman–Crippen LogP) is 2.50. The number of carboxylic acid groups (broad SMARTS) is 1. The SMILES string of the molecule is C[C@@H]1CCCCN1c1ccc(N2C[C@@H](C(=O)O)CC2=O)cc1. The van der Waals surface area contributed by atoms with E-state index in [2.05, 4.69) is 11.8 Å². The number of piperidine rings is 1. The number of nitrogens with zero attached hydrogens (tertiary/aromatic N) is 2. The van der Waals surface area contributed by atoms with E-state index in [1.165, 1.54) is 24.9 Å². The van der Waals surface area contributed by atoms with Crippen LogP contribution in [0.4, 0.5) is 11.4 Å². The van der Waals surface area contributed by atoms with Crippen molar-refractivity contribution in [1.82, 2.24) is 0 Å². The van der Waals surface area contributed by atoms with E-state index in [0.29, 0.717) is 6.04 Å². The summed E-state index contributed by atoms with van der Waals surface area (Å²) < 4.78 is 0. The average molecular weight is 302 g/mol. The summed E-state index contributed by atoms with van der Waals surface area (Å²) in [7, 11) is 0. The minimum Gasteiger partial charge on any atom is -0.481 e. The Balaban J connectivity index is 1.74. The van der Waals surface area contributed by atoms with Crippen molar-refractivity contribution in [2.24, 2.45) is 5.92 Å². The smallest absolute Gasteiger partial charge is 0.308 e. The van der Waals surface area contributed by atoms with E-state index in [-0.39, 0.29) is 18.9 Å². The van der Waals surface area contributed by atoms with Gasteiger partial charge in [0, 0.05) is 36.9 Å². The Kier molecular flexibility index (Phi) is 4.05. The van der Waals surface area contributed by atoms with Gasteiger partial charge in [0.2, 0.25) is 5.91 Å². The van der Waals surface area contributed by atoms with Crippen LogP contribution >= 0.6 is 0 Å². The Bertz CT molecular complexity index is 570. The van der Waals surface area contributed by atoms with Gasteiger partial charge in [0.25, 0.3) is 0 Å². The minimum atomic E-state index is -0.894. The summed E-state index contributed by atoms with van der Waals surface area (Å²) in [5.74, 6) is -1.59. The monoisotopic (exact) mass is 302 g/mol. The number of benzene rings is 1. The molecule has 118 valence electrons. The van der Waals surface area contributed by atoms with Crippen LogP contribution in [0.2, 0.25) is 0 Å². The molecule has 0 aliphatic carbocycles. The van der Waals surface area contributed by atoms with Gasteiger partial charge in [-0.2, -0.15) is 0 Å². The number of amides is 1. The van der Waals surface area contributed by atoms with Crippen molar-refractivity contribution < 1.29 is 14.7 Å². The van der Waals surface area contributed by atoms with Crippen LogP contribution in [0.5, 0.6) is 0 Å². The summed E-state index contributed by atoms with van der Waals surface area (Å²) in [6, 6.07) is 8.48. The van der Waals surface area contributed by atoms with E-state index < -0.39 is 11.9 Å². The molecule has 1 N–H and O–H groups in total. The molecule has 2 fully saturated rings. The highest BCUT2D eigenvalue weighted by Gasteiger charge is 2.35. The molecule has 2 saturated heterocycles. The first-order valence-electron chi connectivity index (χ1n) is 7.96. The lowest BCUT2D eigenvalue weighted by Gasteiger charge is -2.35. The third-order valence-corrected chi connectivity index (χ3v) is 4.77. The molecule has 5 nitrogen and oxygen atoms in total. The van der Waals surface area contributed by atoms with Crippen LogP contribution in [0.25, 0.3) is 0 Å². The molecule has 0 bridgehead atoms. The van der Waals surface area contributed by atoms with Gasteiger partial charge in [0.1, 0.15) is 0 Å². The number of carbonyl (C=O) groups is 2. The molecule has 1 amide bonds. The molecule has 0 saturated carbocycles. The number of carbonyl (C=O) groups excluding carboxylic acids is 1. The normalized spacial score (nSPS) is 25.6. The van der Waals surface area contributed by atoms with Crippen molar-refractivity contribution in [3.63, 3.8) is 0 Å². The molecule has 3 rings (SSSR count). The number of aliphatic carboxylic acids is 1. The Morgan fingerprint density at radius 2 is 1.86 bits per heavy atom. The molecule has 0 aromatic heterocycles. The topological polar surface area (TPSA) is 60.9 Å². The van der Waals surface area contributed by atoms with Crippen LogP contribution in [0.1, 0.15) is 32.6 Å². The Hall–Kier alpha value is -2.04. The summed E-state index contributed by atoms with van der Waals surface area (Å²) in [6.07, 6.45) is 3.82. The minimum absolute atomic E-state index is 0.0975. The fraction of sp³-hybridized carbons (Fsp3) is 0.529. The lowest BCUT2D eigenvalue weighted by Crippen LogP contribution is -2.37. The average Bonchev–Trinajstić information content (AvgIpc) is 2.90. The van der Waals surface area contributed by atoms with Gasteiger partial charge in [-0.1, -0.05) is 0 Å². The van der Waals surface area contributed by atoms with E-state index in [4.69, 9.17) is 5.11 Å². The van der Waals surface area contributed by atoms with Gasteiger partial charge in [-0.05, 0) is 50.5 Å². The van der Waals surface area contributed by atoms with Gasteiger partial charge in [-0.15, -0.1) is 0 Å². The van der Waals surface area contributed by atoms with E-state index in [1.807, 2.05) is 24.3 Å². The highest BCUT2D eigenvalue weighted by molar-refractivity contribution is 5.99. The molecule has 2 aliphatic heterocycles. The lowest BCUT2D eigenvalue weighted by molar-refractivity contribution is -0.141. The van der Waals surface area contributed by atoms with E-state index in [0.717, 1.165) is 12.2 Å². The maximum Gasteiger partial charge on any atom is 0.308 e. The first-order valence-corrected chi connectivity index (χ1v) is 7.96. The number of anilines is 2. The Labute approximate surface area is 130 Å². The molecule has 22 heavy (non-hydrogen) atoms. The second kappa shape index (κ2) is 5.99. The highest BCUT2D eigenvalue weighted by Crippen LogP contribution is 2.29. The quantitative estimate of drug-likeness (QED) is 0.932. The predicted molar refractivity (Wildman–Crippen MR) is 85.2 cm³/mol. The number of rotatable bonds is 3. The number of hydrogen-bond acceptors (Lipinski definition) is 3. The molecule has 5 heteroatoms. The van der Waals surface area contributed by atoms with Gasteiger partial charge in [0.15, 0.2) is 0 Å². The van der Waals surface area contributed by atoms with Gasteiger partial charge >= 0.3 is 5.97 Å². The van der Waals surface area contributed by atoms with E-state index in [9.17, 15) is 9.59 Å². The molecule has 0 spiro atoms. The molecule has 1 aromatic rings. The highest BCUT2D eigenvalue weighted by atomic mass is 16.4. The molecule has 0 radical (unpaired) electrons. The first kappa shape index (κ1) is 14.9. The number of hydrogen-bond donors (Lipinski definition) is 1. The fourth-order valence-corrected chi connectivity index (χ4v) is 3.43. The number of carboxylic acids is 1. The van der Waals surface area contributed by atoms with Crippen molar-refractivity contribution in [3.8, 4) is 0 Å². The molecule has 2 aliphatic rings. The zero-order chi connectivity index (χ0) is 15.7. The third kappa shape index (κ3) is 2.80. The van der Waals surface area contributed by atoms with Crippen molar-refractivity contribution >= 4 is 23.3 Å². The molecule has 2 heterocycles. The van der Waals surface area contributed by atoms with Gasteiger partial charge in [-0.3, -0.25) is 9.59 Å². The molecular formula is C17H22N2O3. The Morgan fingerprint density at radius 3 is 2.45 bits per heavy atom. The standard InChI is InChI=1S/C17H22N2O3/c1-12-4-2-3-9-18(12)14-5-7-15(8-6-14)19-11-13(17(21)22)10-16(19)20/h5-8,12-13H,2-4,9-11H2,1H3,(H,21,22)/t12-,13+/m1/s1. The van der Waals surface area contributed by atoms with Crippen molar-refractivity contribution in [3.05, 3.63) is 24.3 Å². The van der Waals surface area contributed by atoms with Crippen LogP contribution in [0.15, 0.2) is 24.3 Å². The maximum atomic E-state index is 12.0. The van der Waals surface area contributed by atoms with Crippen LogP contribution in [-0.4, -0.2) is 36.1 Å². The molecular weight excluding hydrogens is 280 g/mol. The zero-order valence-electron chi connectivity index (χ0n) is 12.9. The molecule has 2 atom stereocenters. The first-order chi connectivity index (χ1) is 10.6. The van der Waals surface area contributed by atoms with E-state index in [1.54, 1.807) is 4.90 Å². The van der Waals surface area contributed by atoms with Gasteiger partial charge < -0.3 is 14.9 Å². The largest absolute Gasteiger partial charge is 0.481 e. The summed E-state index contributed by atoms with van der Waals surface area (Å²) >= 11 is 0. The molecule has 1 aromatic carbocycles. The second-order valence-corrected chi connectivity index (χ2v) is 6.30. The van der Waals surface area contributed by atoms with Crippen LogP contribution < -0.4 is 9.80 Å². The zero-order valence-corrected chi connectivity index (χ0v) is 12.9. The van der Waals surface area contributed by atoms with Crippen molar-refractivity contribution in [1.29, 1.82) is 0 Å². The summed E-state index contributed by atoms with van der Waals surface area (Å²) in [5.41, 5.74) is 1.97. The second-order valence-electron chi connectivity index (χ2n) is 6.30. The van der Waals surface area contributed by atoms with Crippen LogP contribution in [-0.2, 0) is 9.59 Å². The lowest BCUT2D eigenvalue weighted by atomic mass is 10.0. The maximum absolute atomic E-state index is 12.0. The van der Waals surface area contributed by atoms with E-state index >= 15 is 0 Å². The van der Waals surface area contributed by atoms with Crippen molar-refractivity contribution in [2.45, 2.75) is 38.6 Å². The summed E-state index contributed by atoms with van der Waals surface area (Å²) in [4.78, 5) is 27.0. The van der Waals surface area contributed by atoms with Gasteiger partial charge in [0.05, 0.1) is 5.92 Å². The van der Waals surface area contributed by atoms with Crippen LogP contribution in [0, 0.1) is 5.92 Å². The molecule has 0 unspecified atom stereocenters. The van der Waals surface area contributed by atoms with Gasteiger partial charge in [-0.25, -0.2) is 0 Å². The summed E-state index contributed by atoms with van der Waals surface area (Å²) in [6.45, 7) is 3.59. The summed E-state index contributed by atoms with van der Waals surface area (Å²) in [5, 5.41) is 9.05. The third-order valence-electron chi connectivity index (χ3n) is 4.77. The van der Waals surface area contributed by atoms with Crippen LogP contribution in [0.3, 0.4) is 0 Å². The fourth-order valence-electron chi connectivity index (χ4n) is 3.43.